The lowest BCUT2D eigenvalue weighted by Crippen LogP contribution is -1.95. The number of hydrogen-bond donors (Lipinski definition) is 0. The van der Waals surface area contributed by atoms with Gasteiger partial charge in [0.05, 0.1) is 0 Å². The van der Waals surface area contributed by atoms with E-state index in [9.17, 15) is 0 Å². The predicted octanol–water partition coefficient (Wildman–Crippen LogP) is 4.75. The number of rotatable bonds is 6. The van der Waals surface area contributed by atoms with Crippen molar-refractivity contribution in [2.75, 3.05) is 0 Å². The SMILES string of the molecule is CCCC(C)CCCc1ccc(C)cc1. The van der Waals surface area contributed by atoms with E-state index in [4.69, 9.17) is 0 Å². The molecule has 1 unspecified atom stereocenters. The maximum absolute atomic E-state index is 2.37. The van der Waals surface area contributed by atoms with Crippen molar-refractivity contribution in [3.05, 3.63) is 35.4 Å². The third-order valence-corrected chi connectivity index (χ3v) is 3.06. The summed E-state index contributed by atoms with van der Waals surface area (Å²) in [6.45, 7) is 6.79. The molecule has 0 fully saturated rings. The van der Waals surface area contributed by atoms with Gasteiger partial charge in [0.2, 0.25) is 0 Å². The van der Waals surface area contributed by atoms with Gasteiger partial charge in [-0.2, -0.15) is 0 Å². The van der Waals surface area contributed by atoms with Crippen LogP contribution in [0.1, 0.15) is 50.7 Å². The van der Waals surface area contributed by atoms with Crippen LogP contribution in [-0.2, 0) is 6.42 Å². The second kappa shape index (κ2) is 6.66. The lowest BCUT2D eigenvalue weighted by Gasteiger charge is -2.09. The quantitative estimate of drug-likeness (QED) is 0.627. The van der Waals surface area contributed by atoms with Gasteiger partial charge in [-0.05, 0) is 31.2 Å². The molecule has 0 amide bonds. The van der Waals surface area contributed by atoms with E-state index < -0.39 is 0 Å². The fourth-order valence-corrected chi connectivity index (χ4v) is 2.05. The van der Waals surface area contributed by atoms with E-state index in [1.165, 1.54) is 43.2 Å². The van der Waals surface area contributed by atoms with Crippen molar-refractivity contribution in [2.24, 2.45) is 5.92 Å². The Hall–Kier alpha value is -0.780. The molecule has 0 saturated carbocycles. The zero-order valence-electron chi connectivity index (χ0n) is 10.4. The summed E-state index contributed by atoms with van der Waals surface area (Å²) in [4.78, 5) is 0. The molecular weight excluding hydrogens is 180 g/mol. The van der Waals surface area contributed by atoms with Crippen molar-refractivity contribution in [1.82, 2.24) is 0 Å². The highest BCUT2D eigenvalue weighted by Gasteiger charge is 2.00. The van der Waals surface area contributed by atoms with Gasteiger partial charge in [-0.3, -0.25) is 0 Å². The zero-order valence-corrected chi connectivity index (χ0v) is 10.4. The van der Waals surface area contributed by atoms with E-state index in [-0.39, 0.29) is 0 Å². The maximum atomic E-state index is 2.37. The van der Waals surface area contributed by atoms with Gasteiger partial charge < -0.3 is 0 Å². The molecule has 0 aromatic heterocycles. The first-order valence-electron chi connectivity index (χ1n) is 6.28. The Morgan fingerprint density at radius 1 is 1.07 bits per heavy atom. The summed E-state index contributed by atoms with van der Waals surface area (Å²) in [7, 11) is 0. The summed E-state index contributed by atoms with van der Waals surface area (Å²) >= 11 is 0. The van der Waals surface area contributed by atoms with Gasteiger partial charge in [0.25, 0.3) is 0 Å². The van der Waals surface area contributed by atoms with Crippen molar-refractivity contribution in [1.29, 1.82) is 0 Å². The highest BCUT2D eigenvalue weighted by molar-refractivity contribution is 5.21. The first-order chi connectivity index (χ1) is 7.22. The van der Waals surface area contributed by atoms with Gasteiger partial charge in [0.15, 0.2) is 0 Å². The Labute approximate surface area is 94.7 Å². The summed E-state index contributed by atoms with van der Waals surface area (Å²) in [6.07, 6.45) is 6.67. The molecule has 0 aliphatic rings. The normalized spacial score (nSPS) is 12.7. The van der Waals surface area contributed by atoms with Crippen LogP contribution in [0.2, 0.25) is 0 Å². The Kier molecular flexibility index (Phi) is 5.45. The van der Waals surface area contributed by atoms with E-state index in [1.807, 2.05) is 0 Å². The average Bonchev–Trinajstić information content (AvgIpc) is 2.21. The topological polar surface area (TPSA) is 0 Å². The van der Waals surface area contributed by atoms with E-state index in [2.05, 4.69) is 45.0 Å². The van der Waals surface area contributed by atoms with Gasteiger partial charge in [0.1, 0.15) is 0 Å². The van der Waals surface area contributed by atoms with Crippen LogP contribution in [0, 0.1) is 12.8 Å². The number of hydrogen-bond acceptors (Lipinski definition) is 0. The summed E-state index contributed by atoms with van der Waals surface area (Å²) < 4.78 is 0. The largest absolute Gasteiger partial charge is 0.0654 e. The van der Waals surface area contributed by atoms with Gasteiger partial charge in [0, 0.05) is 0 Å². The maximum Gasteiger partial charge on any atom is -0.0279 e. The van der Waals surface area contributed by atoms with Crippen LogP contribution in [0.4, 0.5) is 0 Å². The minimum Gasteiger partial charge on any atom is -0.0654 e. The number of aryl methyl sites for hydroxylation is 2. The zero-order chi connectivity index (χ0) is 11.1. The summed E-state index contributed by atoms with van der Waals surface area (Å²) in [5.74, 6) is 0.903. The fraction of sp³-hybridized carbons (Fsp3) is 0.600. The van der Waals surface area contributed by atoms with E-state index in [0.717, 1.165) is 5.92 Å². The second-order valence-electron chi connectivity index (χ2n) is 4.77. The smallest absolute Gasteiger partial charge is 0.0279 e. The molecule has 0 bridgehead atoms. The molecule has 0 aliphatic heterocycles. The number of benzene rings is 1. The molecule has 0 N–H and O–H groups in total. The third kappa shape index (κ3) is 5.01. The minimum absolute atomic E-state index is 0.903. The molecule has 0 heteroatoms. The molecule has 15 heavy (non-hydrogen) atoms. The standard InChI is InChI=1S/C15H24/c1-4-6-13(2)7-5-8-15-11-9-14(3)10-12-15/h9-13H,4-8H2,1-3H3. The molecule has 0 nitrogen and oxygen atoms in total. The molecule has 84 valence electrons. The van der Waals surface area contributed by atoms with Crippen molar-refractivity contribution in [3.63, 3.8) is 0 Å². The van der Waals surface area contributed by atoms with E-state index in [0.29, 0.717) is 0 Å². The van der Waals surface area contributed by atoms with Crippen molar-refractivity contribution >= 4 is 0 Å². The van der Waals surface area contributed by atoms with Crippen LogP contribution in [0.15, 0.2) is 24.3 Å². The summed E-state index contributed by atoms with van der Waals surface area (Å²) in [6, 6.07) is 8.95. The van der Waals surface area contributed by atoms with Crippen LogP contribution < -0.4 is 0 Å². The Morgan fingerprint density at radius 3 is 2.33 bits per heavy atom. The Balaban J connectivity index is 2.22. The summed E-state index contributed by atoms with van der Waals surface area (Å²) in [5, 5.41) is 0. The molecule has 0 saturated heterocycles. The average molecular weight is 204 g/mol. The minimum atomic E-state index is 0.903. The molecule has 0 radical (unpaired) electrons. The summed E-state index contributed by atoms with van der Waals surface area (Å²) in [5.41, 5.74) is 2.85. The van der Waals surface area contributed by atoms with Crippen molar-refractivity contribution in [3.8, 4) is 0 Å². The van der Waals surface area contributed by atoms with Crippen LogP contribution in [-0.4, -0.2) is 0 Å². The van der Waals surface area contributed by atoms with Gasteiger partial charge in [-0.15, -0.1) is 0 Å². The second-order valence-corrected chi connectivity index (χ2v) is 4.77. The third-order valence-electron chi connectivity index (χ3n) is 3.06. The van der Waals surface area contributed by atoms with Gasteiger partial charge in [-0.1, -0.05) is 62.9 Å². The molecule has 0 aliphatic carbocycles. The molecular formula is C15H24. The van der Waals surface area contributed by atoms with E-state index in [1.54, 1.807) is 0 Å². The molecule has 0 spiro atoms. The van der Waals surface area contributed by atoms with Crippen LogP contribution in [0.5, 0.6) is 0 Å². The highest BCUT2D eigenvalue weighted by Crippen LogP contribution is 2.15. The first-order valence-corrected chi connectivity index (χ1v) is 6.28. The van der Waals surface area contributed by atoms with Crippen LogP contribution >= 0.6 is 0 Å². The fourth-order valence-electron chi connectivity index (χ4n) is 2.05. The van der Waals surface area contributed by atoms with Gasteiger partial charge >= 0.3 is 0 Å². The molecule has 1 rings (SSSR count). The van der Waals surface area contributed by atoms with E-state index >= 15 is 0 Å². The Morgan fingerprint density at radius 2 is 1.73 bits per heavy atom. The lowest BCUT2D eigenvalue weighted by molar-refractivity contribution is 0.469. The molecule has 1 aromatic rings. The highest BCUT2D eigenvalue weighted by atomic mass is 14.1. The van der Waals surface area contributed by atoms with Crippen LogP contribution in [0.25, 0.3) is 0 Å². The molecule has 1 aromatic carbocycles. The Bertz CT molecular complexity index is 258. The van der Waals surface area contributed by atoms with Gasteiger partial charge in [-0.25, -0.2) is 0 Å². The van der Waals surface area contributed by atoms with Crippen LogP contribution in [0.3, 0.4) is 0 Å². The first kappa shape index (κ1) is 12.3. The monoisotopic (exact) mass is 204 g/mol. The molecule has 1 atom stereocenters. The predicted molar refractivity (Wildman–Crippen MR) is 68.2 cm³/mol. The molecule has 0 heterocycles. The van der Waals surface area contributed by atoms with Crippen molar-refractivity contribution in [2.45, 2.75) is 52.9 Å². The lowest BCUT2D eigenvalue weighted by atomic mass is 9.97. The van der Waals surface area contributed by atoms with Crippen molar-refractivity contribution < 1.29 is 0 Å².